The molecule has 0 aliphatic heterocycles. The van der Waals surface area contributed by atoms with Crippen molar-refractivity contribution in [2.45, 2.75) is 86.5 Å². The molecular formula is C21H38. The molecular weight excluding hydrogens is 252 g/mol. The zero-order valence-corrected chi connectivity index (χ0v) is 15.4. The Bertz CT molecular complexity index is 373. The Morgan fingerprint density at radius 2 is 1.24 bits per heavy atom. The van der Waals surface area contributed by atoms with E-state index in [1.807, 2.05) is 0 Å². The van der Waals surface area contributed by atoms with Gasteiger partial charge in [-0.1, -0.05) is 54.4 Å². The van der Waals surface area contributed by atoms with Gasteiger partial charge in [0.2, 0.25) is 0 Å². The van der Waals surface area contributed by atoms with Crippen molar-refractivity contribution in [2.24, 2.45) is 46.3 Å². The van der Waals surface area contributed by atoms with Gasteiger partial charge >= 0.3 is 0 Å². The van der Waals surface area contributed by atoms with Gasteiger partial charge in [-0.3, -0.25) is 0 Å². The molecule has 5 unspecified atom stereocenters. The minimum Gasteiger partial charge on any atom is -0.0625 e. The SMILES string of the molecule is CC1CCC(C2(C)CC(C)(C)C3CC(C)C(C)CC32)CC1. The molecule has 0 spiro atoms. The average molecular weight is 291 g/mol. The molecule has 3 fully saturated rings. The molecule has 0 radical (unpaired) electrons. The van der Waals surface area contributed by atoms with Gasteiger partial charge in [0.1, 0.15) is 0 Å². The molecule has 0 aromatic heterocycles. The molecule has 0 bridgehead atoms. The highest BCUT2D eigenvalue weighted by Gasteiger charge is 2.58. The predicted octanol–water partition coefficient (Wildman–Crippen LogP) is 6.55. The van der Waals surface area contributed by atoms with Gasteiger partial charge < -0.3 is 0 Å². The highest BCUT2D eigenvalue weighted by molar-refractivity contribution is 5.08. The van der Waals surface area contributed by atoms with Crippen molar-refractivity contribution in [1.82, 2.24) is 0 Å². The zero-order chi connectivity index (χ0) is 15.4. The van der Waals surface area contributed by atoms with Crippen molar-refractivity contribution in [3.05, 3.63) is 0 Å². The Hall–Kier alpha value is 0. The van der Waals surface area contributed by atoms with Crippen molar-refractivity contribution in [3.63, 3.8) is 0 Å². The molecule has 5 atom stereocenters. The smallest absolute Gasteiger partial charge is 0.0261 e. The predicted molar refractivity (Wildman–Crippen MR) is 92.2 cm³/mol. The van der Waals surface area contributed by atoms with Crippen LogP contribution in [0.15, 0.2) is 0 Å². The Balaban J connectivity index is 1.85. The lowest BCUT2D eigenvalue weighted by Crippen LogP contribution is -2.40. The summed E-state index contributed by atoms with van der Waals surface area (Å²) in [5.74, 6) is 5.90. The second-order valence-electron chi connectivity index (χ2n) is 10.3. The van der Waals surface area contributed by atoms with Crippen LogP contribution in [-0.4, -0.2) is 0 Å². The van der Waals surface area contributed by atoms with Crippen LogP contribution in [0.1, 0.15) is 86.5 Å². The molecule has 0 aromatic rings. The van der Waals surface area contributed by atoms with E-state index in [2.05, 4.69) is 41.5 Å². The third-order valence-corrected chi connectivity index (χ3v) is 8.34. The minimum absolute atomic E-state index is 0.580. The summed E-state index contributed by atoms with van der Waals surface area (Å²) in [7, 11) is 0. The second-order valence-corrected chi connectivity index (χ2v) is 10.3. The summed E-state index contributed by atoms with van der Waals surface area (Å²) in [5, 5.41) is 0. The third-order valence-electron chi connectivity index (χ3n) is 8.34. The molecule has 3 rings (SSSR count). The van der Waals surface area contributed by atoms with E-state index in [1.165, 1.54) is 44.9 Å². The van der Waals surface area contributed by atoms with E-state index in [9.17, 15) is 0 Å². The van der Waals surface area contributed by atoms with Crippen LogP contribution in [0.5, 0.6) is 0 Å². The quantitative estimate of drug-likeness (QED) is 0.514. The van der Waals surface area contributed by atoms with Gasteiger partial charge in [0.15, 0.2) is 0 Å². The third kappa shape index (κ3) is 2.59. The Morgan fingerprint density at radius 1 is 0.714 bits per heavy atom. The van der Waals surface area contributed by atoms with Crippen LogP contribution in [0.3, 0.4) is 0 Å². The fourth-order valence-electron chi connectivity index (χ4n) is 6.80. The van der Waals surface area contributed by atoms with Gasteiger partial charge in [-0.05, 0) is 78.4 Å². The van der Waals surface area contributed by atoms with Gasteiger partial charge in [0.25, 0.3) is 0 Å². The maximum atomic E-state index is 2.70. The summed E-state index contributed by atoms with van der Waals surface area (Å²) in [6, 6.07) is 0. The first-order chi connectivity index (χ1) is 9.74. The van der Waals surface area contributed by atoms with Gasteiger partial charge in [-0.2, -0.15) is 0 Å². The minimum atomic E-state index is 0.580. The molecule has 0 aromatic carbocycles. The van der Waals surface area contributed by atoms with Crippen LogP contribution in [0, 0.1) is 46.3 Å². The molecule has 0 amide bonds. The highest BCUT2D eigenvalue weighted by atomic mass is 14.6. The van der Waals surface area contributed by atoms with E-state index in [0.717, 1.165) is 35.5 Å². The van der Waals surface area contributed by atoms with Gasteiger partial charge in [-0.25, -0.2) is 0 Å². The summed E-state index contributed by atoms with van der Waals surface area (Å²) in [4.78, 5) is 0. The van der Waals surface area contributed by atoms with Crippen LogP contribution in [-0.2, 0) is 0 Å². The molecule has 0 heterocycles. The summed E-state index contributed by atoms with van der Waals surface area (Å²) < 4.78 is 0. The topological polar surface area (TPSA) is 0 Å². The van der Waals surface area contributed by atoms with Crippen LogP contribution in [0.25, 0.3) is 0 Å². The summed E-state index contributed by atoms with van der Waals surface area (Å²) in [6.45, 7) is 15.4. The maximum Gasteiger partial charge on any atom is -0.0261 e. The molecule has 122 valence electrons. The standard InChI is InChI=1S/C21H38/c1-14-7-9-17(10-8-14)21(6)13-20(4,5)18-11-15(2)16(3)12-19(18)21/h14-19H,7-13H2,1-6H3. The monoisotopic (exact) mass is 290 g/mol. The molecule has 3 aliphatic carbocycles. The first-order valence-electron chi connectivity index (χ1n) is 9.74. The normalized spacial score (nSPS) is 53.4. The molecule has 3 aliphatic rings. The van der Waals surface area contributed by atoms with E-state index in [-0.39, 0.29) is 0 Å². The van der Waals surface area contributed by atoms with E-state index in [0.29, 0.717) is 10.8 Å². The number of hydrogen-bond donors (Lipinski definition) is 0. The molecule has 3 saturated carbocycles. The van der Waals surface area contributed by atoms with Crippen LogP contribution >= 0.6 is 0 Å². The average Bonchev–Trinajstić information content (AvgIpc) is 2.59. The van der Waals surface area contributed by atoms with Crippen molar-refractivity contribution in [1.29, 1.82) is 0 Å². The lowest BCUT2D eigenvalue weighted by molar-refractivity contribution is 0.0164. The lowest BCUT2D eigenvalue weighted by atomic mass is 9.57. The zero-order valence-electron chi connectivity index (χ0n) is 15.4. The van der Waals surface area contributed by atoms with E-state index >= 15 is 0 Å². The van der Waals surface area contributed by atoms with Gasteiger partial charge in [-0.15, -0.1) is 0 Å². The largest absolute Gasteiger partial charge is 0.0625 e. The molecule has 21 heavy (non-hydrogen) atoms. The van der Waals surface area contributed by atoms with Crippen molar-refractivity contribution >= 4 is 0 Å². The Labute approximate surface area is 133 Å². The van der Waals surface area contributed by atoms with Crippen LogP contribution in [0.4, 0.5) is 0 Å². The molecule has 0 heteroatoms. The summed E-state index contributed by atoms with van der Waals surface area (Å²) in [5.41, 5.74) is 1.22. The van der Waals surface area contributed by atoms with Crippen molar-refractivity contribution in [2.75, 3.05) is 0 Å². The molecule has 0 nitrogen and oxygen atoms in total. The van der Waals surface area contributed by atoms with Gasteiger partial charge in [0, 0.05) is 0 Å². The first-order valence-corrected chi connectivity index (χ1v) is 9.74. The Kier molecular flexibility index (Phi) is 3.99. The van der Waals surface area contributed by atoms with E-state index in [4.69, 9.17) is 0 Å². The van der Waals surface area contributed by atoms with Crippen molar-refractivity contribution in [3.8, 4) is 0 Å². The fraction of sp³-hybridized carbons (Fsp3) is 1.00. The maximum absolute atomic E-state index is 2.70. The number of rotatable bonds is 1. The number of fused-ring (bicyclic) bond motifs is 1. The molecule has 0 N–H and O–H groups in total. The lowest BCUT2D eigenvalue weighted by Gasteiger charge is -2.48. The van der Waals surface area contributed by atoms with Gasteiger partial charge in [0.05, 0.1) is 0 Å². The number of hydrogen-bond acceptors (Lipinski definition) is 0. The van der Waals surface area contributed by atoms with E-state index in [1.54, 1.807) is 0 Å². The fourth-order valence-corrected chi connectivity index (χ4v) is 6.80. The second kappa shape index (κ2) is 5.27. The van der Waals surface area contributed by atoms with Crippen LogP contribution < -0.4 is 0 Å². The summed E-state index contributed by atoms with van der Waals surface area (Å²) in [6.07, 6.45) is 10.5. The highest BCUT2D eigenvalue weighted by Crippen LogP contribution is 2.67. The van der Waals surface area contributed by atoms with Crippen LogP contribution in [0.2, 0.25) is 0 Å². The van der Waals surface area contributed by atoms with E-state index < -0.39 is 0 Å². The summed E-state index contributed by atoms with van der Waals surface area (Å²) >= 11 is 0. The first kappa shape index (κ1) is 15.9. The van der Waals surface area contributed by atoms with Crippen molar-refractivity contribution < 1.29 is 0 Å². The molecule has 0 saturated heterocycles. The Morgan fingerprint density at radius 3 is 1.81 bits per heavy atom.